The van der Waals surface area contributed by atoms with E-state index in [1.807, 2.05) is 18.7 Å². The Morgan fingerprint density at radius 3 is 2.64 bits per heavy atom. The molecule has 2 saturated heterocycles. The van der Waals surface area contributed by atoms with Crippen LogP contribution in [0.25, 0.3) is 22.0 Å². The number of nitrogens with zero attached hydrogens (tertiary/aromatic N) is 5. The Morgan fingerprint density at radius 2 is 1.91 bits per heavy atom. The summed E-state index contributed by atoms with van der Waals surface area (Å²) >= 11 is 6.91. The molecule has 9 nitrogen and oxygen atoms in total. The molecule has 0 bridgehead atoms. The Balaban J connectivity index is 1.43. The lowest BCUT2D eigenvalue weighted by atomic mass is 9.99. The Labute approximate surface area is 259 Å². The van der Waals surface area contributed by atoms with E-state index >= 15 is 4.39 Å². The number of carbonyl (C=O) groups is 1. The van der Waals surface area contributed by atoms with Gasteiger partial charge in [0.2, 0.25) is 5.91 Å². The van der Waals surface area contributed by atoms with E-state index in [-0.39, 0.29) is 52.5 Å². The van der Waals surface area contributed by atoms with Crippen molar-refractivity contribution in [1.29, 1.82) is 0 Å². The van der Waals surface area contributed by atoms with Crippen LogP contribution >= 0.6 is 11.6 Å². The lowest BCUT2D eigenvalue weighted by Crippen LogP contribution is -2.58. The fourth-order valence-electron chi connectivity index (χ4n) is 6.58. The topological polar surface area (TPSA) is 80.1 Å². The lowest BCUT2D eigenvalue weighted by molar-refractivity contribution is -0.128. The Morgan fingerprint density at radius 1 is 1.14 bits per heavy atom. The van der Waals surface area contributed by atoms with Crippen LogP contribution in [0.15, 0.2) is 41.7 Å². The third-order valence-corrected chi connectivity index (χ3v) is 9.14. The minimum absolute atomic E-state index is 0.0816. The second kappa shape index (κ2) is 12.5. The first-order valence-corrected chi connectivity index (χ1v) is 15.4. The third kappa shape index (κ3) is 5.68. The van der Waals surface area contributed by atoms with Gasteiger partial charge in [0.05, 0.1) is 30.3 Å². The van der Waals surface area contributed by atoms with Crippen LogP contribution in [0.2, 0.25) is 5.02 Å². The van der Waals surface area contributed by atoms with Gasteiger partial charge in [0, 0.05) is 60.8 Å². The van der Waals surface area contributed by atoms with Crippen molar-refractivity contribution in [1.82, 2.24) is 19.4 Å². The van der Waals surface area contributed by atoms with Crippen LogP contribution in [-0.4, -0.2) is 89.4 Å². The number of aromatic nitrogens is 2. The van der Waals surface area contributed by atoms with E-state index in [0.29, 0.717) is 49.4 Å². The van der Waals surface area contributed by atoms with Crippen LogP contribution in [0.4, 0.5) is 14.6 Å². The summed E-state index contributed by atoms with van der Waals surface area (Å²) in [6.45, 7) is 12.7. The van der Waals surface area contributed by atoms with Crippen molar-refractivity contribution in [2.45, 2.75) is 51.4 Å². The molecule has 3 aliphatic heterocycles. The summed E-state index contributed by atoms with van der Waals surface area (Å²) in [5.41, 5.74) is 0.366. The first-order valence-electron chi connectivity index (χ1n) is 15.0. The molecule has 44 heavy (non-hydrogen) atoms. The molecule has 0 spiro atoms. The maximum Gasteiger partial charge on any atom is 0.350 e. The van der Waals surface area contributed by atoms with Gasteiger partial charge in [-0.3, -0.25) is 14.3 Å². The standard InChI is InChI=1S/C32H36ClF2N5O4/c1-4-27(41)38-16-20(3)39(17-19(38)2)31-24-15-25(33)28(23-8-7-21(34)14-26(23)35)30-29(24)40(32(42)36-31)18-22(44-30)6-5-9-37-10-12-43-13-11-37/h4,7-8,14-15,19-20,22H,1,5-6,9-13,16-18H2,2-3H3/t19-,20+,22+/m1/s1. The van der Waals surface area contributed by atoms with Crippen molar-refractivity contribution in [3.05, 3.63) is 64.1 Å². The van der Waals surface area contributed by atoms with Crippen molar-refractivity contribution in [3.63, 3.8) is 0 Å². The second-order valence-corrected chi connectivity index (χ2v) is 12.2. The van der Waals surface area contributed by atoms with Gasteiger partial charge in [-0.05, 0) is 57.5 Å². The zero-order valence-electron chi connectivity index (χ0n) is 24.9. The van der Waals surface area contributed by atoms with Crippen molar-refractivity contribution >= 4 is 34.2 Å². The van der Waals surface area contributed by atoms with E-state index < -0.39 is 17.3 Å². The molecule has 1 amide bonds. The van der Waals surface area contributed by atoms with E-state index in [0.717, 1.165) is 32.1 Å². The maximum atomic E-state index is 15.2. The molecule has 3 atom stereocenters. The number of benzene rings is 2. The smallest absolute Gasteiger partial charge is 0.350 e. The highest BCUT2D eigenvalue weighted by molar-refractivity contribution is 6.35. The van der Waals surface area contributed by atoms with Gasteiger partial charge < -0.3 is 19.3 Å². The number of morpholine rings is 1. The van der Waals surface area contributed by atoms with Crippen LogP contribution in [-0.2, 0) is 16.1 Å². The predicted molar refractivity (Wildman–Crippen MR) is 165 cm³/mol. The molecule has 0 N–H and O–H groups in total. The van der Waals surface area contributed by atoms with Gasteiger partial charge in [-0.25, -0.2) is 13.6 Å². The number of hydrogen-bond acceptors (Lipinski definition) is 7. The maximum absolute atomic E-state index is 15.2. The van der Waals surface area contributed by atoms with E-state index in [2.05, 4.69) is 16.5 Å². The number of anilines is 1. The average molecular weight is 628 g/mol. The third-order valence-electron chi connectivity index (χ3n) is 8.84. The molecule has 2 fully saturated rings. The molecule has 12 heteroatoms. The number of amides is 1. The quantitative estimate of drug-likeness (QED) is 0.358. The highest BCUT2D eigenvalue weighted by atomic mass is 35.5. The van der Waals surface area contributed by atoms with Gasteiger partial charge in [0.1, 0.15) is 23.6 Å². The van der Waals surface area contributed by atoms with E-state index in [1.165, 1.54) is 18.2 Å². The Kier molecular flexibility index (Phi) is 8.63. The highest BCUT2D eigenvalue weighted by Crippen LogP contribution is 2.47. The van der Waals surface area contributed by atoms with Crippen LogP contribution in [0.3, 0.4) is 0 Å². The molecule has 0 radical (unpaired) electrons. The van der Waals surface area contributed by atoms with Crippen molar-refractivity contribution in [3.8, 4) is 16.9 Å². The molecular formula is C32H36ClF2N5O4. The number of halogens is 3. The molecule has 1 aromatic heterocycles. The molecule has 0 aliphatic carbocycles. The van der Waals surface area contributed by atoms with Crippen molar-refractivity contribution < 1.29 is 23.0 Å². The van der Waals surface area contributed by atoms with E-state index in [4.69, 9.17) is 21.1 Å². The summed E-state index contributed by atoms with van der Waals surface area (Å²) in [7, 11) is 0. The van der Waals surface area contributed by atoms with Crippen LogP contribution in [0.5, 0.6) is 5.75 Å². The summed E-state index contributed by atoms with van der Waals surface area (Å²) in [5.74, 6) is -0.943. The van der Waals surface area contributed by atoms with Gasteiger partial charge >= 0.3 is 5.69 Å². The minimum atomic E-state index is -0.783. The molecule has 3 aliphatic rings. The minimum Gasteiger partial charge on any atom is -0.486 e. The van der Waals surface area contributed by atoms with E-state index in [9.17, 15) is 14.0 Å². The van der Waals surface area contributed by atoms with Crippen LogP contribution in [0, 0.1) is 11.6 Å². The first-order chi connectivity index (χ1) is 21.2. The largest absolute Gasteiger partial charge is 0.486 e. The molecule has 234 valence electrons. The fraction of sp³-hybridized carbons (Fsp3) is 0.469. The van der Waals surface area contributed by atoms with Crippen LogP contribution in [0.1, 0.15) is 26.7 Å². The summed E-state index contributed by atoms with van der Waals surface area (Å²) in [6.07, 6.45) is 2.40. The fourth-order valence-corrected chi connectivity index (χ4v) is 6.88. The van der Waals surface area contributed by atoms with E-state index in [1.54, 1.807) is 15.5 Å². The van der Waals surface area contributed by atoms with Crippen LogP contribution < -0.4 is 15.3 Å². The summed E-state index contributed by atoms with van der Waals surface area (Å²) in [4.78, 5) is 36.8. The SMILES string of the molecule is C=CC(=O)N1C[C@H](C)N(c2nc(=O)n3c4c(c(-c5ccc(F)cc5F)c(Cl)cc24)O[C@@H](CCCN2CCOCC2)C3)C[C@H]1C. The van der Waals surface area contributed by atoms with Crippen molar-refractivity contribution in [2.24, 2.45) is 0 Å². The zero-order valence-corrected chi connectivity index (χ0v) is 25.7. The second-order valence-electron chi connectivity index (χ2n) is 11.8. The summed E-state index contributed by atoms with van der Waals surface area (Å²) in [6, 6.07) is 4.66. The molecular weight excluding hydrogens is 592 g/mol. The number of ether oxygens (including phenoxy) is 2. The Bertz CT molecular complexity index is 1660. The number of carbonyl (C=O) groups excluding carboxylic acids is 1. The van der Waals surface area contributed by atoms with Crippen molar-refractivity contribution in [2.75, 3.05) is 50.8 Å². The number of piperazine rings is 1. The molecule has 3 aromatic rings. The van der Waals surface area contributed by atoms with Gasteiger partial charge in [0.15, 0.2) is 5.75 Å². The lowest BCUT2D eigenvalue weighted by Gasteiger charge is -2.44. The predicted octanol–water partition coefficient (Wildman–Crippen LogP) is 4.48. The monoisotopic (exact) mass is 627 g/mol. The average Bonchev–Trinajstić information content (AvgIpc) is 3.00. The number of rotatable bonds is 7. The van der Waals surface area contributed by atoms with Gasteiger partial charge in [-0.15, -0.1) is 0 Å². The Hall–Kier alpha value is -3.54. The summed E-state index contributed by atoms with van der Waals surface area (Å²) in [5, 5.41) is 0.784. The molecule has 2 aromatic carbocycles. The highest BCUT2D eigenvalue weighted by Gasteiger charge is 2.36. The van der Waals surface area contributed by atoms with Gasteiger partial charge in [-0.1, -0.05) is 18.2 Å². The first kappa shape index (κ1) is 30.5. The molecule has 4 heterocycles. The molecule has 0 unspecified atom stereocenters. The summed E-state index contributed by atoms with van der Waals surface area (Å²) < 4.78 is 42.8. The van der Waals surface area contributed by atoms with Gasteiger partial charge in [0.25, 0.3) is 0 Å². The zero-order chi connectivity index (χ0) is 31.1. The number of hydrogen-bond donors (Lipinski definition) is 0. The van der Waals surface area contributed by atoms with Gasteiger partial charge in [-0.2, -0.15) is 4.98 Å². The molecule has 0 saturated carbocycles. The normalized spacial score (nSPS) is 22.2. The molecule has 6 rings (SSSR count).